The van der Waals surface area contributed by atoms with E-state index >= 15 is 0 Å². The number of nitrogens with one attached hydrogen (secondary N) is 1. The number of aromatic hydroxyl groups is 1. The molecule has 0 saturated carbocycles. The highest BCUT2D eigenvalue weighted by molar-refractivity contribution is 7.91. The van der Waals surface area contributed by atoms with Crippen LogP contribution in [0.4, 0.5) is 5.69 Å². The number of benzene rings is 1. The Morgan fingerprint density at radius 2 is 2.05 bits per heavy atom. The molecule has 0 bridgehead atoms. The third-order valence-corrected chi connectivity index (χ3v) is 5.96. The van der Waals surface area contributed by atoms with Crippen molar-refractivity contribution in [2.45, 2.75) is 32.7 Å². The van der Waals surface area contributed by atoms with Gasteiger partial charge in [0.05, 0.1) is 22.6 Å². The first kappa shape index (κ1) is 15.0. The van der Waals surface area contributed by atoms with Crippen LogP contribution in [-0.2, 0) is 9.84 Å². The fourth-order valence-electron chi connectivity index (χ4n) is 2.97. The molecule has 1 fully saturated rings. The van der Waals surface area contributed by atoms with E-state index in [1.165, 1.54) is 0 Å². The smallest absolute Gasteiger partial charge is 0.218 e. The number of rotatable bonds is 2. The van der Waals surface area contributed by atoms with E-state index in [1.807, 2.05) is 26.0 Å². The van der Waals surface area contributed by atoms with E-state index in [4.69, 9.17) is 0 Å². The molecule has 3 rings (SSSR count). The Hall–Kier alpha value is -1.89. The number of azo groups is 1. The predicted molar refractivity (Wildman–Crippen MR) is 85.6 cm³/mol. The number of fused-ring (bicyclic) bond motifs is 1. The van der Waals surface area contributed by atoms with E-state index < -0.39 is 15.4 Å². The zero-order valence-electron chi connectivity index (χ0n) is 12.8. The molecular weight excluding hydrogens is 302 g/mol. The molecular formula is C15H19N3O3S. The van der Waals surface area contributed by atoms with Crippen molar-refractivity contribution >= 4 is 26.4 Å². The molecule has 7 heteroatoms. The summed E-state index contributed by atoms with van der Waals surface area (Å²) < 4.78 is 23.2. The van der Waals surface area contributed by atoms with E-state index in [2.05, 4.69) is 15.2 Å². The molecule has 1 aromatic heterocycles. The number of aryl methyl sites for hydroxylation is 2. The molecule has 0 amide bonds. The third-order valence-electron chi connectivity index (χ3n) is 4.08. The number of aromatic nitrogens is 1. The second-order valence-corrected chi connectivity index (χ2v) is 8.55. The summed E-state index contributed by atoms with van der Waals surface area (Å²) in [6.07, 6.45) is 0.458. The van der Waals surface area contributed by atoms with Gasteiger partial charge in [0.25, 0.3) is 0 Å². The van der Waals surface area contributed by atoms with E-state index in [9.17, 15) is 13.5 Å². The number of hydrogen-bond acceptors (Lipinski definition) is 5. The Morgan fingerprint density at radius 3 is 2.68 bits per heavy atom. The molecule has 118 valence electrons. The molecule has 2 N–H and O–H groups in total. The van der Waals surface area contributed by atoms with Crippen molar-refractivity contribution in [1.29, 1.82) is 0 Å². The van der Waals surface area contributed by atoms with Crippen molar-refractivity contribution in [3.05, 3.63) is 23.3 Å². The summed E-state index contributed by atoms with van der Waals surface area (Å²) >= 11 is 0. The summed E-state index contributed by atoms with van der Waals surface area (Å²) in [5.74, 6) is 0.0996. The molecule has 1 saturated heterocycles. The predicted octanol–water partition coefficient (Wildman–Crippen LogP) is 3.15. The van der Waals surface area contributed by atoms with Crippen LogP contribution in [0.25, 0.3) is 10.9 Å². The molecule has 1 aliphatic heterocycles. The van der Waals surface area contributed by atoms with Gasteiger partial charge < -0.3 is 10.1 Å². The topological polar surface area (TPSA) is 94.9 Å². The Labute approximate surface area is 129 Å². The number of sulfone groups is 1. The molecule has 0 aliphatic carbocycles. The van der Waals surface area contributed by atoms with Gasteiger partial charge >= 0.3 is 0 Å². The lowest BCUT2D eigenvalue weighted by Crippen LogP contribution is -2.22. The fraction of sp³-hybridized carbons (Fsp3) is 0.467. The van der Waals surface area contributed by atoms with E-state index in [0.717, 1.165) is 22.0 Å². The van der Waals surface area contributed by atoms with E-state index in [1.54, 1.807) is 6.92 Å². The van der Waals surface area contributed by atoms with Gasteiger partial charge in [0, 0.05) is 5.39 Å². The lowest BCUT2D eigenvalue weighted by atomic mass is 10.0. The molecule has 1 aromatic carbocycles. The first-order valence-electron chi connectivity index (χ1n) is 7.14. The monoisotopic (exact) mass is 321 g/mol. The minimum absolute atomic E-state index is 0.00464. The quantitative estimate of drug-likeness (QED) is 0.832. The first-order valence-corrected chi connectivity index (χ1v) is 8.96. The van der Waals surface area contributed by atoms with Crippen LogP contribution in [0.5, 0.6) is 5.88 Å². The third kappa shape index (κ3) is 2.61. The zero-order chi connectivity index (χ0) is 16.1. The minimum atomic E-state index is -3.04. The Bertz CT molecular complexity index is 883. The Balaban J connectivity index is 2.04. The van der Waals surface area contributed by atoms with Crippen molar-refractivity contribution < 1.29 is 13.5 Å². The number of H-pyrrole nitrogens is 1. The summed E-state index contributed by atoms with van der Waals surface area (Å²) in [4.78, 5) is 2.91. The molecule has 1 aliphatic rings. The molecule has 2 heterocycles. The minimum Gasteiger partial charge on any atom is -0.493 e. The molecule has 6 nitrogen and oxygen atoms in total. The molecule has 2 aromatic rings. The van der Waals surface area contributed by atoms with Crippen molar-refractivity contribution in [2.24, 2.45) is 10.2 Å². The summed E-state index contributed by atoms with van der Waals surface area (Å²) in [7, 11) is -3.04. The van der Waals surface area contributed by atoms with Crippen LogP contribution in [0.2, 0.25) is 0 Å². The van der Waals surface area contributed by atoms with Crippen molar-refractivity contribution in [3.8, 4) is 5.88 Å². The average Bonchev–Trinajstić information content (AvgIpc) is 2.85. The standard InChI is InChI=1S/C15H19N3O3S/c1-9-6-10(2)12-11(7-9)13(14(19)16-12)17-18-15(3)4-5-22(20,21)8-15/h6-7,16,19H,4-5,8H2,1-3H3. The Kier molecular flexibility index (Phi) is 3.28. The molecule has 22 heavy (non-hydrogen) atoms. The van der Waals surface area contributed by atoms with Crippen LogP contribution in [-0.4, -0.2) is 35.6 Å². The van der Waals surface area contributed by atoms with E-state index in [0.29, 0.717) is 12.1 Å². The molecule has 1 unspecified atom stereocenters. The molecule has 0 spiro atoms. The lowest BCUT2D eigenvalue weighted by molar-refractivity contribution is 0.457. The Morgan fingerprint density at radius 1 is 1.32 bits per heavy atom. The van der Waals surface area contributed by atoms with Crippen LogP contribution >= 0.6 is 0 Å². The van der Waals surface area contributed by atoms with Gasteiger partial charge in [-0.1, -0.05) is 11.6 Å². The normalized spacial score (nSPS) is 24.5. The lowest BCUT2D eigenvalue weighted by Gasteiger charge is -2.13. The highest BCUT2D eigenvalue weighted by Gasteiger charge is 2.38. The number of aromatic amines is 1. The maximum absolute atomic E-state index is 11.6. The highest BCUT2D eigenvalue weighted by Crippen LogP contribution is 2.39. The summed E-state index contributed by atoms with van der Waals surface area (Å²) in [6.45, 7) is 5.71. The maximum atomic E-state index is 11.6. The first-order chi connectivity index (χ1) is 10.2. The van der Waals surface area contributed by atoms with Crippen LogP contribution in [0.3, 0.4) is 0 Å². The summed E-state index contributed by atoms with van der Waals surface area (Å²) in [6, 6.07) is 3.95. The van der Waals surface area contributed by atoms with Crippen LogP contribution in [0.1, 0.15) is 24.5 Å². The molecule has 1 atom stereocenters. The second kappa shape index (κ2) is 4.81. The average molecular weight is 321 g/mol. The zero-order valence-corrected chi connectivity index (χ0v) is 13.7. The van der Waals surface area contributed by atoms with Crippen molar-refractivity contribution in [1.82, 2.24) is 4.98 Å². The largest absolute Gasteiger partial charge is 0.493 e. The van der Waals surface area contributed by atoms with Crippen molar-refractivity contribution in [2.75, 3.05) is 11.5 Å². The van der Waals surface area contributed by atoms with Gasteiger partial charge in [-0.25, -0.2) is 8.42 Å². The van der Waals surface area contributed by atoms with Gasteiger partial charge in [0.2, 0.25) is 5.88 Å². The van der Waals surface area contributed by atoms with Gasteiger partial charge in [-0.05, 0) is 38.8 Å². The fourth-order valence-corrected chi connectivity index (χ4v) is 5.01. The van der Waals surface area contributed by atoms with Gasteiger partial charge in [0.1, 0.15) is 0 Å². The van der Waals surface area contributed by atoms with Gasteiger partial charge in [-0.2, -0.15) is 5.11 Å². The van der Waals surface area contributed by atoms with Crippen LogP contribution in [0, 0.1) is 13.8 Å². The maximum Gasteiger partial charge on any atom is 0.218 e. The second-order valence-electron chi connectivity index (χ2n) is 6.37. The SMILES string of the molecule is Cc1cc(C)c2[nH]c(O)c(N=NC3(C)CCS(=O)(=O)C3)c2c1. The number of nitrogens with zero attached hydrogens (tertiary/aromatic N) is 2. The molecule has 0 radical (unpaired) electrons. The number of hydrogen-bond donors (Lipinski definition) is 2. The van der Waals surface area contributed by atoms with Gasteiger partial charge in [0.15, 0.2) is 15.5 Å². The highest BCUT2D eigenvalue weighted by atomic mass is 32.2. The van der Waals surface area contributed by atoms with Crippen molar-refractivity contribution in [3.63, 3.8) is 0 Å². The van der Waals surface area contributed by atoms with Gasteiger partial charge in [-0.15, -0.1) is 5.11 Å². The van der Waals surface area contributed by atoms with Crippen LogP contribution in [0.15, 0.2) is 22.4 Å². The van der Waals surface area contributed by atoms with Gasteiger partial charge in [-0.3, -0.25) is 0 Å². The van der Waals surface area contributed by atoms with Crippen LogP contribution < -0.4 is 0 Å². The van der Waals surface area contributed by atoms with E-state index in [-0.39, 0.29) is 17.4 Å². The summed E-state index contributed by atoms with van der Waals surface area (Å²) in [5, 5.41) is 19.3. The summed E-state index contributed by atoms with van der Waals surface area (Å²) in [5.41, 5.74) is 2.55.